The third-order valence-corrected chi connectivity index (χ3v) is 2.89. The van der Waals surface area contributed by atoms with Crippen LogP contribution < -0.4 is 10.5 Å². The van der Waals surface area contributed by atoms with Crippen molar-refractivity contribution in [3.8, 4) is 5.75 Å². The number of hydrogen-bond acceptors (Lipinski definition) is 2. The van der Waals surface area contributed by atoms with Crippen LogP contribution in [0.1, 0.15) is 18.4 Å². The van der Waals surface area contributed by atoms with Gasteiger partial charge in [0.2, 0.25) is 0 Å². The molecular weight excluding hydrogens is 299 g/mol. The van der Waals surface area contributed by atoms with E-state index in [9.17, 15) is 13.2 Å². The van der Waals surface area contributed by atoms with Crippen LogP contribution >= 0.6 is 15.9 Å². The molecule has 1 aromatic rings. The molecule has 0 aliphatic heterocycles. The van der Waals surface area contributed by atoms with Crippen molar-refractivity contribution in [2.45, 2.75) is 25.6 Å². The normalized spacial score (nSPS) is 11.6. The van der Waals surface area contributed by atoms with Gasteiger partial charge in [0.15, 0.2) is 0 Å². The molecule has 6 heteroatoms. The fraction of sp³-hybridized carbons (Fsp3) is 0.455. The third-order valence-electron chi connectivity index (χ3n) is 2.14. The third kappa shape index (κ3) is 4.95. The minimum atomic E-state index is -4.13. The molecule has 0 saturated carbocycles. The zero-order valence-electron chi connectivity index (χ0n) is 9.06. The molecule has 0 atom stereocenters. The van der Waals surface area contributed by atoms with Crippen molar-refractivity contribution >= 4 is 15.9 Å². The molecule has 1 aromatic carbocycles. The SMILES string of the molecule is NCc1c(Br)cccc1OCCCC(F)(F)F. The molecule has 17 heavy (non-hydrogen) atoms. The Morgan fingerprint density at radius 1 is 1.29 bits per heavy atom. The van der Waals surface area contributed by atoms with Crippen molar-refractivity contribution in [1.29, 1.82) is 0 Å². The van der Waals surface area contributed by atoms with Gasteiger partial charge in [-0.2, -0.15) is 13.2 Å². The van der Waals surface area contributed by atoms with Crippen molar-refractivity contribution in [2.24, 2.45) is 5.73 Å². The van der Waals surface area contributed by atoms with Gasteiger partial charge in [-0.15, -0.1) is 0 Å². The summed E-state index contributed by atoms with van der Waals surface area (Å²) in [4.78, 5) is 0. The molecule has 1 rings (SSSR count). The summed E-state index contributed by atoms with van der Waals surface area (Å²) in [6.45, 7) is 0.305. The average molecular weight is 312 g/mol. The summed E-state index contributed by atoms with van der Waals surface area (Å²) in [6, 6.07) is 5.26. The molecule has 0 bridgehead atoms. The molecule has 0 aliphatic carbocycles. The highest BCUT2D eigenvalue weighted by Crippen LogP contribution is 2.27. The first-order valence-corrected chi connectivity index (χ1v) is 5.90. The highest BCUT2D eigenvalue weighted by Gasteiger charge is 2.26. The summed E-state index contributed by atoms with van der Waals surface area (Å²) in [5, 5.41) is 0. The minimum absolute atomic E-state index is 0.0307. The van der Waals surface area contributed by atoms with Crippen molar-refractivity contribution < 1.29 is 17.9 Å². The zero-order valence-corrected chi connectivity index (χ0v) is 10.6. The highest BCUT2D eigenvalue weighted by atomic mass is 79.9. The first kappa shape index (κ1) is 14.3. The van der Waals surface area contributed by atoms with Gasteiger partial charge in [0.05, 0.1) is 6.61 Å². The van der Waals surface area contributed by atoms with Crippen LogP contribution in [-0.2, 0) is 6.54 Å². The second-order valence-corrected chi connectivity index (χ2v) is 4.34. The van der Waals surface area contributed by atoms with Gasteiger partial charge in [-0.05, 0) is 18.6 Å². The van der Waals surface area contributed by atoms with Gasteiger partial charge in [-0.1, -0.05) is 22.0 Å². The number of alkyl halides is 3. The Morgan fingerprint density at radius 2 is 2.00 bits per heavy atom. The predicted octanol–water partition coefficient (Wildman–Crippen LogP) is 3.63. The summed E-state index contributed by atoms with van der Waals surface area (Å²) in [6.07, 6.45) is -5.02. The van der Waals surface area contributed by atoms with E-state index in [-0.39, 0.29) is 19.6 Å². The fourth-order valence-corrected chi connectivity index (χ4v) is 1.84. The van der Waals surface area contributed by atoms with E-state index in [0.29, 0.717) is 5.75 Å². The van der Waals surface area contributed by atoms with Crippen molar-refractivity contribution in [1.82, 2.24) is 0 Å². The quantitative estimate of drug-likeness (QED) is 0.843. The summed E-state index contributed by atoms with van der Waals surface area (Å²) in [5.41, 5.74) is 6.30. The van der Waals surface area contributed by atoms with E-state index in [4.69, 9.17) is 10.5 Å². The molecule has 0 radical (unpaired) electrons. The molecule has 2 nitrogen and oxygen atoms in total. The van der Waals surface area contributed by atoms with E-state index in [2.05, 4.69) is 15.9 Å². The van der Waals surface area contributed by atoms with Gasteiger partial charge < -0.3 is 10.5 Å². The van der Waals surface area contributed by atoms with Gasteiger partial charge >= 0.3 is 6.18 Å². The average Bonchev–Trinajstić information content (AvgIpc) is 2.23. The Hall–Kier alpha value is -0.750. The zero-order chi connectivity index (χ0) is 12.9. The number of hydrogen-bond donors (Lipinski definition) is 1. The van der Waals surface area contributed by atoms with Crippen LogP contribution in [0.15, 0.2) is 22.7 Å². The Balaban J connectivity index is 2.49. The molecular formula is C11H13BrF3NO. The van der Waals surface area contributed by atoms with Gasteiger partial charge in [-0.3, -0.25) is 0 Å². The molecule has 0 fully saturated rings. The standard InChI is InChI=1S/C11H13BrF3NO/c12-9-3-1-4-10(8(9)7-16)17-6-2-5-11(13,14)15/h1,3-4H,2,5-7,16H2. The van der Waals surface area contributed by atoms with Gasteiger partial charge in [-0.25, -0.2) is 0 Å². The van der Waals surface area contributed by atoms with Crippen LogP contribution in [0.5, 0.6) is 5.75 Å². The van der Waals surface area contributed by atoms with Crippen LogP contribution in [0.25, 0.3) is 0 Å². The second-order valence-electron chi connectivity index (χ2n) is 3.49. The Kier molecular flexibility index (Phi) is 5.27. The number of halogens is 4. The lowest BCUT2D eigenvalue weighted by atomic mass is 10.2. The van der Waals surface area contributed by atoms with Crippen LogP contribution in [-0.4, -0.2) is 12.8 Å². The number of benzene rings is 1. The molecule has 0 aliphatic rings. The summed E-state index contributed by atoms with van der Waals surface area (Å²) >= 11 is 3.31. The minimum Gasteiger partial charge on any atom is -0.493 e. The van der Waals surface area contributed by atoms with E-state index in [1.54, 1.807) is 12.1 Å². The lowest BCUT2D eigenvalue weighted by Gasteiger charge is -2.12. The van der Waals surface area contributed by atoms with Crippen LogP contribution in [0, 0.1) is 0 Å². The number of nitrogens with two attached hydrogens (primary N) is 1. The summed E-state index contributed by atoms with van der Waals surface area (Å²) in [7, 11) is 0. The Bertz CT molecular complexity index is 368. The Labute approximate surface area is 106 Å². The predicted molar refractivity (Wildman–Crippen MR) is 62.8 cm³/mol. The first-order chi connectivity index (χ1) is 7.94. The summed E-state index contributed by atoms with van der Waals surface area (Å²) in [5.74, 6) is 0.532. The molecule has 0 spiro atoms. The topological polar surface area (TPSA) is 35.2 Å². The van der Waals surface area contributed by atoms with Crippen molar-refractivity contribution in [2.75, 3.05) is 6.61 Å². The maximum Gasteiger partial charge on any atom is 0.389 e. The summed E-state index contributed by atoms with van der Waals surface area (Å²) < 4.78 is 41.8. The lowest BCUT2D eigenvalue weighted by molar-refractivity contribution is -0.136. The van der Waals surface area contributed by atoms with Crippen LogP contribution in [0.4, 0.5) is 13.2 Å². The van der Waals surface area contributed by atoms with E-state index in [1.807, 2.05) is 6.07 Å². The van der Waals surface area contributed by atoms with E-state index >= 15 is 0 Å². The monoisotopic (exact) mass is 311 g/mol. The first-order valence-electron chi connectivity index (χ1n) is 5.11. The smallest absolute Gasteiger partial charge is 0.389 e. The van der Waals surface area contributed by atoms with Crippen molar-refractivity contribution in [3.63, 3.8) is 0 Å². The van der Waals surface area contributed by atoms with Gasteiger partial charge in [0.1, 0.15) is 5.75 Å². The molecule has 0 unspecified atom stereocenters. The lowest BCUT2D eigenvalue weighted by Crippen LogP contribution is -2.10. The second kappa shape index (κ2) is 6.26. The fourth-order valence-electron chi connectivity index (χ4n) is 1.33. The van der Waals surface area contributed by atoms with Gasteiger partial charge in [0.25, 0.3) is 0 Å². The van der Waals surface area contributed by atoms with E-state index in [0.717, 1.165) is 10.0 Å². The molecule has 0 heterocycles. The molecule has 0 saturated heterocycles. The van der Waals surface area contributed by atoms with E-state index < -0.39 is 12.6 Å². The molecule has 0 amide bonds. The number of rotatable bonds is 5. The molecule has 0 aromatic heterocycles. The highest BCUT2D eigenvalue weighted by molar-refractivity contribution is 9.10. The molecule has 2 N–H and O–H groups in total. The maximum atomic E-state index is 11.9. The van der Waals surface area contributed by atoms with Crippen LogP contribution in [0.3, 0.4) is 0 Å². The Morgan fingerprint density at radius 3 is 2.59 bits per heavy atom. The maximum absolute atomic E-state index is 11.9. The largest absolute Gasteiger partial charge is 0.493 e. The molecule has 96 valence electrons. The van der Waals surface area contributed by atoms with Crippen LogP contribution in [0.2, 0.25) is 0 Å². The number of ether oxygens (including phenoxy) is 1. The van der Waals surface area contributed by atoms with Crippen molar-refractivity contribution in [3.05, 3.63) is 28.2 Å². The van der Waals surface area contributed by atoms with Gasteiger partial charge in [0, 0.05) is 23.0 Å². The van der Waals surface area contributed by atoms with E-state index in [1.165, 1.54) is 0 Å².